The van der Waals surface area contributed by atoms with E-state index in [1.165, 1.54) is 19.4 Å². The van der Waals surface area contributed by atoms with Crippen LogP contribution in [-0.2, 0) is 4.74 Å². The molecule has 0 spiro atoms. The van der Waals surface area contributed by atoms with Gasteiger partial charge < -0.3 is 19.9 Å². The molecular weight excluding hydrogens is 318 g/mol. The van der Waals surface area contributed by atoms with E-state index in [2.05, 4.69) is 20.1 Å². The molecule has 0 radical (unpaired) electrons. The maximum atomic E-state index is 12.4. The molecule has 136 valence electrons. The topological polar surface area (TPSA) is 60.9 Å². The highest BCUT2D eigenvalue weighted by Gasteiger charge is 2.27. The van der Waals surface area contributed by atoms with Gasteiger partial charge in [-0.2, -0.15) is 0 Å². The maximum absolute atomic E-state index is 12.4. The molecule has 0 unspecified atom stereocenters. The third-order valence-corrected chi connectivity index (χ3v) is 5.21. The van der Waals surface area contributed by atoms with Crippen molar-refractivity contribution in [3.05, 3.63) is 18.3 Å². The second kappa shape index (κ2) is 7.58. The number of pyridine rings is 1. The molecule has 7 nitrogen and oxygen atoms in total. The van der Waals surface area contributed by atoms with E-state index in [0.717, 1.165) is 69.9 Å². The van der Waals surface area contributed by atoms with Crippen molar-refractivity contribution >= 4 is 17.5 Å². The Morgan fingerprint density at radius 3 is 2.52 bits per heavy atom. The highest BCUT2D eigenvalue weighted by Crippen LogP contribution is 2.29. The number of anilines is 2. The largest absolute Gasteiger partial charge is 0.378 e. The predicted octanol–water partition coefficient (Wildman–Crippen LogP) is 1.48. The minimum absolute atomic E-state index is 0.0213. The number of nitrogens with one attached hydrogen (secondary N) is 1. The zero-order valence-corrected chi connectivity index (χ0v) is 14.7. The van der Waals surface area contributed by atoms with E-state index < -0.39 is 0 Å². The molecule has 3 fully saturated rings. The summed E-state index contributed by atoms with van der Waals surface area (Å²) in [7, 11) is 0. The first-order valence-electron chi connectivity index (χ1n) is 9.35. The summed E-state index contributed by atoms with van der Waals surface area (Å²) in [5.41, 5.74) is 0.752. The van der Waals surface area contributed by atoms with Crippen molar-refractivity contribution in [1.82, 2.24) is 14.8 Å². The zero-order valence-electron chi connectivity index (χ0n) is 14.7. The van der Waals surface area contributed by atoms with Gasteiger partial charge in [0.05, 0.1) is 25.1 Å². The van der Waals surface area contributed by atoms with Crippen LogP contribution in [0, 0.1) is 5.92 Å². The number of ether oxygens (including phenoxy) is 1. The Morgan fingerprint density at radius 1 is 1.12 bits per heavy atom. The lowest BCUT2D eigenvalue weighted by Gasteiger charge is -2.34. The van der Waals surface area contributed by atoms with Crippen molar-refractivity contribution in [2.45, 2.75) is 12.8 Å². The van der Waals surface area contributed by atoms with Crippen molar-refractivity contribution in [1.29, 1.82) is 0 Å². The molecule has 1 aromatic rings. The summed E-state index contributed by atoms with van der Waals surface area (Å²) in [5, 5.41) is 2.97. The quantitative estimate of drug-likeness (QED) is 0.896. The average molecular weight is 345 g/mol. The molecule has 1 N–H and O–H groups in total. The first kappa shape index (κ1) is 16.6. The van der Waals surface area contributed by atoms with Crippen molar-refractivity contribution in [2.24, 2.45) is 5.92 Å². The highest BCUT2D eigenvalue weighted by molar-refractivity contribution is 5.89. The molecule has 7 heteroatoms. The average Bonchev–Trinajstić information content (AvgIpc) is 3.48. The Kier molecular flexibility index (Phi) is 5.03. The normalized spacial score (nSPS) is 22.1. The van der Waals surface area contributed by atoms with Crippen LogP contribution in [0.2, 0.25) is 0 Å². The molecule has 1 saturated carbocycles. The van der Waals surface area contributed by atoms with Crippen LogP contribution in [0.3, 0.4) is 0 Å². The third-order valence-electron chi connectivity index (χ3n) is 5.21. The Morgan fingerprint density at radius 2 is 1.88 bits per heavy atom. The van der Waals surface area contributed by atoms with Gasteiger partial charge in [0.15, 0.2) is 0 Å². The van der Waals surface area contributed by atoms with Gasteiger partial charge >= 0.3 is 6.03 Å². The molecule has 2 aliphatic heterocycles. The van der Waals surface area contributed by atoms with E-state index in [1.54, 1.807) is 6.20 Å². The number of rotatable bonds is 4. The summed E-state index contributed by atoms with van der Waals surface area (Å²) < 4.78 is 5.36. The van der Waals surface area contributed by atoms with Crippen molar-refractivity contribution in [3.63, 3.8) is 0 Å². The van der Waals surface area contributed by atoms with Crippen LogP contribution in [0.1, 0.15) is 12.8 Å². The second-order valence-electron chi connectivity index (χ2n) is 7.17. The van der Waals surface area contributed by atoms with Gasteiger partial charge in [0.1, 0.15) is 5.82 Å². The summed E-state index contributed by atoms with van der Waals surface area (Å²) in [4.78, 5) is 23.5. The summed E-state index contributed by atoms with van der Waals surface area (Å²) in [6.07, 6.45) is 4.51. The number of hydrogen-bond donors (Lipinski definition) is 1. The first-order chi connectivity index (χ1) is 12.3. The van der Waals surface area contributed by atoms with E-state index in [1.807, 2.05) is 17.0 Å². The molecule has 4 rings (SSSR count). The van der Waals surface area contributed by atoms with Crippen LogP contribution in [0.4, 0.5) is 16.3 Å². The van der Waals surface area contributed by atoms with E-state index in [4.69, 9.17) is 4.74 Å². The van der Waals surface area contributed by atoms with Gasteiger partial charge in [-0.3, -0.25) is 4.90 Å². The summed E-state index contributed by atoms with van der Waals surface area (Å²) in [5.74, 6) is 1.85. The fourth-order valence-corrected chi connectivity index (χ4v) is 3.44. The standard InChI is InChI=1S/C18H27N5O2/c24-18(23-7-5-21(6-8-23)14-15-1-2-15)20-16-3-4-17(19-13-16)22-9-11-25-12-10-22/h3-4,13,15H,1-2,5-12,14H2,(H,20,24). The molecule has 3 heterocycles. The summed E-state index contributed by atoms with van der Waals surface area (Å²) >= 11 is 0. The van der Waals surface area contributed by atoms with Gasteiger partial charge in [-0.1, -0.05) is 0 Å². The Balaban J connectivity index is 1.26. The maximum Gasteiger partial charge on any atom is 0.321 e. The molecule has 2 saturated heterocycles. The van der Waals surface area contributed by atoms with Gasteiger partial charge in [0.2, 0.25) is 0 Å². The van der Waals surface area contributed by atoms with Gasteiger partial charge in [0, 0.05) is 45.8 Å². The number of amides is 2. The van der Waals surface area contributed by atoms with Crippen LogP contribution in [0.15, 0.2) is 18.3 Å². The number of urea groups is 1. The lowest BCUT2D eigenvalue weighted by atomic mass is 10.3. The van der Waals surface area contributed by atoms with E-state index in [0.29, 0.717) is 0 Å². The zero-order chi connectivity index (χ0) is 17.1. The van der Waals surface area contributed by atoms with Crippen molar-refractivity contribution in [2.75, 3.05) is 69.2 Å². The van der Waals surface area contributed by atoms with Crippen LogP contribution in [-0.4, -0.2) is 79.8 Å². The van der Waals surface area contributed by atoms with E-state index >= 15 is 0 Å². The van der Waals surface area contributed by atoms with Gasteiger partial charge in [0.25, 0.3) is 0 Å². The minimum atomic E-state index is -0.0213. The van der Waals surface area contributed by atoms with E-state index in [-0.39, 0.29) is 6.03 Å². The lowest BCUT2D eigenvalue weighted by Crippen LogP contribution is -2.50. The van der Waals surface area contributed by atoms with Crippen LogP contribution < -0.4 is 10.2 Å². The fourth-order valence-electron chi connectivity index (χ4n) is 3.44. The Hall–Kier alpha value is -1.86. The molecular formula is C18H27N5O2. The smallest absolute Gasteiger partial charge is 0.321 e. The third kappa shape index (κ3) is 4.41. The summed E-state index contributed by atoms with van der Waals surface area (Å²) in [6.45, 7) is 8.00. The molecule has 0 aromatic carbocycles. The number of hydrogen-bond acceptors (Lipinski definition) is 5. The first-order valence-corrected chi connectivity index (χ1v) is 9.35. The monoisotopic (exact) mass is 345 g/mol. The van der Waals surface area contributed by atoms with E-state index in [9.17, 15) is 4.79 Å². The number of piperazine rings is 1. The number of nitrogens with zero attached hydrogens (tertiary/aromatic N) is 4. The molecule has 3 aliphatic rings. The number of carbonyl (C=O) groups is 1. The number of morpholine rings is 1. The highest BCUT2D eigenvalue weighted by atomic mass is 16.5. The van der Waals surface area contributed by atoms with Gasteiger partial charge in [-0.05, 0) is 30.9 Å². The van der Waals surface area contributed by atoms with Gasteiger partial charge in [-0.25, -0.2) is 9.78 Å². The SMILES string of the molecule is O=C(Nc1ccc(N2CCOCC2)nc1)N1CCN(CC2CC2)CC1. The minimum Gasteiger partial charge on any atom is -0.378 e. The predicted molar refractivity (Wildman–Crippen MR) is 97.0 cm³/mol. The molecule has 2 amide bonds. The van der Waals surface area contributed by atoms with Crippen molar-refractivity contribution < 1.29 is 9.53 Å². The Bertz CT molecular complexity index is 576. The molecule has 1 aromatic heterocycles. The van der Waals surface area contributed by atoms with Crippen LogP contribution in [0.5, 0.6) is 0 Å². The number of aromatic nitrogens is 1. The summed E-state index contributed by atoms with van der Waals surface area (Å²) in [6, 6.07) is 3.88. The molecule has 1 aliphatic carbocycles. The molecule has 0 bridgehead atoms. The number of carbonyl (C=O) groups excluding carboxylic acids is 1. The lowest BCUT2D eigenvalue weighted by molar-refractivity contribution is 0.122. The Labute approximate surface area is 148 Å². The van der Waals surface area contributed by atoms with Crippen molar-refractivity contribution in [3.8, 4) is 0 Å². The molecule has 25 heavy (non-hydrogen) atoms. The van der Waals surface area contributed by atoms with Crippen LogP contribution >= 0.6 is 0 Å². The molecule has 0 atom stereocenters. The second-order valence-corrected chi connectivity index (χ2v) is 7.17. The van der Waals surface area contributed by atoms with Gasteiger partial charge in [-0.15, -0.1) is 0 Å². The fraction of sp³-hybridized carbons (Fsp3) is 0.667. The van der Waals surface area contributed by atoms with Crippen LogP contribution in [0.25, 0.3) is 0 Å².